The molecule has 0 bridgehead atoms. The Balaban J connectivity index is 1.59. The Morgan fingerprint density at radius 1 is 0.879 bits per heavy atom. The number of carbonyl (C=O) groups excluding carboxylic acids is 1. The molecule has 9 atom stereocenters. The summed E-state index contributed by atoms with van der Waals surface area (Å²) in [5, 5.41) is 0. The molecule has 0 radical (unpaired) electrons. The second-order valence-electron chi connectivity index (χ2n) is 14.8. The van der Waals surface area contributed by atoms with Gasteiger partial charge in [-0.05, 0) is 109 Å². The molecular weight excluding hydrogens is 404 g/mol. The van der Waals surface area contributed by atoms with Crippen LogP contribution < -0.4 is 0 Å². The summed E-state index contributed by atoms with van der Waals surface area (Å²) in [7, 11) is 1.89. The summed E-state index contributed by atoms with van der Waals surface area (Å²) >= 11 is 0. The summed E-state index contributed by atoms with van der Waals surface area (Å²) in [6.45, 7) is 19.7. The molecule has 5 rings (SSSR count). The minimum absolute atomic E-state index is 0.0977. The van der Waals surface area contributed by atoms with Crippen molar-refractivity contribution in [1.82, 2.24) is 0 Å². The molecule has 0 aromatic heterocycles. The van der Waals surface area contributed by atoms with E-state index in [1.807, 2.05) is 7.11 Å². The molecule has 0 saturated heterocycles. The fourth-order valence-corrected chi connectivity index (χ4v) is 11.4. The number of hydrogen-bond acceptors (Lipinski definition) is 2. The average Bonchev–Trinajstić information content (AvgIpc) is 3.09. The maximum absolute atomic E-state index is 14.4. The maximum atomic E-state index is 14.4. The Morgan fingerprint density at radius 2 is 1.55 bits per heavy atom. The van der Waals surface area contributed by atoms with E-state index >= 15 is 0 Å². The van der Waals surface area contributed by atoms with Gasteiger partial charge in [0.05, 0.1) is 6.10 Å². The number of ketones is 1. The van der Waals surface area contributed by atoms with Crippen molar-refractivity contribution >= 4 is 5.78 Å². The van der Waals surface area contributed by atoms with E-state index in [-0.39, 0.29) is 21.7 Å². The van der Waals surface area contributed by atoms with Crippen molar-refractivity contribution in [2.45, 2.75) is 113 Å². The fraction of sp³-hybridized carbons (Fsp3) is 0.903. The molecule has 33 heavy (non-hydrogen) atoms. The predicted octanol–water partition coefficient (Wildman–Crippen LogP) is 7.86. The summed E-state index contributed by atoms with van der Waals surface area (Å²) in [6, 6.07) is 0. The molecule has 0 aliphatic heterocycles. The van der Waals surface area contributed by atoms with Crippen molar-refractivity contribution < 1.29 is 9.53 Å². The van der Waals surface area contributed by atoms with Crippen molar-refractivity contribution in [3.63, 3.8) is 0 Å². The Morgan fingerprint density at radius 3 is 2.18 bits per heavy atom. The second kappa shape index (κ2) is 7.21. The molecule has 0 heterocycles. The highest BCUT2D eigenvalue weighted by Crippen LogP contribution is 2.75. The van der Waals surface area contributed by atoms with Crippen molar-refractivity contribution in [2.75, 3.05) is 7.11 Å². The van der Waals surface area contributed by atoms with Crippen molar-refractivity contribution in [3.05, 3.63) is 11.6 Å². The van der Waals surface area contributed by atoms with E-state index in [9.17, 15) is 4.79 Å². The van der Waals surface area contributed by atoms with Gasteiger partial charge in [0.15, 0.2) is 5.78 Å². The van der Waals surface area contributed by atoms with Crippen LogP contribution in [0.15, 0.2) is 11.6 Å². The summed E-state index contributed by atoms with van der Waals surface area (Å²) in [5.74, 6) is 3.65. The zero-order valence-corrected chi connectivity index (χ0v) is 23.0. The summed E-state index contributed by atoms with van der Waals surface area (Å²) in [5.41, 5.74) is 2.04. The van der Waals surface area contributed by atoms with Crippen LogP contribution >= 0.6 is 0 Å². The van der Waals surface area contributed by atoms with Crippen LogP contribution in [0.3, 0.4) is 0 Å². The van der Waals surface area contributed by atoms with Crippen LogP contribution in [-0.2, 0) is 9.53 Å². The number of rotatable bonds is 2. The van der Waals surface area contributed by atoms with Crippen LogP contribution in [0.4, 0.5) is 0 Å². The number of carbonyl (C=O) groups is 1. The van der Waals surface area contributed by atoms with Gasteiger partial charge in [-0.25, -0.2) is 0 Å². The Labute approximate surface area is 203 Å². The summed E-state index contributed by atoms with van der Waals surface area (Å²) < 4.78 is 5.98. The monoisotopic (exact) mass is 454 g/mol. The molecule has 5 aliphatic rings. The van der Waals surface area contributed by atoms with E-state index in [2.05, 4.69) is 61.5 Å². The third-order valence-electron chi connectivity index (χ3n) is 13.3. The minimum atomic E-state index is -0.208. The third-order valence-corrected chi connectivity index (χ3v) is 13.3. The van der Waals surface area contributed by atoms with Gasteiger partial charge in [-0.1, -0.05) is 61.0 Å². The highest BCUT2D eigenvalue weighted by molar-refractivity contribution is 5.98. The lowest BCUT2D eigenvalue weighted by Crippen LogP contribution is -2.64. The smallest absolute Gasteiger partial charge is 0.162 e. The predicted molar refractivity (Wildman–Crippen MR) is 136 cm³/mol. The van der Waals surface area contributed by atoms with E-state index in [1.54, 1.807) is 0 Å². The number of methoxy groups -OCH3 is 1. The molecule has 5 aliphatic carbocycles. The standard InChI is InChI=1S/C31H50O2/c1-19(2)20-10-13-24-29(20,6)16-17-30(7)21-11-12-23-27(3,4)26(33-9)14-15-28(23,5)22(21)18-25(32)31(24,30)8/h18-21,23-24,26H,10-17H2,1-9H3/t20-,21+,23+,24+,26+,28+,29-,30-,31-/m1/s1. The van der Waals surface area contributed by atoms with Crippen LogP contribution in [0.1, 0.15) is 107 Å². The SMILES string of the molecule is CO[C@H]1CC[C@@]2(C)C3=CC(=O)[C@@]4(C)[C@H]5CC[C@H](C(C)C)[C@@]5(C)CC[C@]4(C)[C@H]3CC[C@H]2C1(C)C. The Bertz CT molecular complexity index is 868. The van der Waals surface area contributed by atoms with E-state index in [4.69, 9.17) is 4.74 Å². The normalized spacial score (nSPS) is 53.1. The zero-order chi connectivity index (χ0) is 24.2. The molecule has 2 nitrogen and oxygen atoms in total. The number of hydrogen-bond donors (Lipinski definition) is 0. The quantitative estimate of drug-likeness (QED) is 0.424. The van der Waals surface area contributed by atoms with Crippen molar-refractivity contribution in [2.24, 2.45) is 56.7 Å². The highest BCUT2D eigenvalue weighted by atomic mass is 16.5. The molecule has 186 valence electrons. The van der Waals surface area contributed by atoms with Crippen LogP contribution in [0.25, 0.3) is 0 Å². The van der Waals surface area contributed by atoms with Crippen LogP contribution in [0.5, 0.6) is 0 Å². The highest BCUT2D eigenvalue weighted by Gasteiger charge is 2.71. The van der Waals surface area contributed by atoms with E-state index in [0.29, 0.717) is 41.0 Å². The Hall–Kier alpha value is -0.630. The van der Waals surface area contributed by atoms with E-state index in [1.165, 1.54) is 50.5 Å². The summed E-state index contributed by atoms with van der Waals surface area (Å²) in [4.78, 5) is 14.4. The van der Waals surface area contributed by atoms with Gasteiger partial charge in [0.1, 0.15) is 0 Å². The third kappa shape index (κ3) is 2.74. The number of ether oxygens (including phenoxy) is 1. The first-order chi connectivity index (χ1) is 15.3. The molecule has 0 aromatic rings. The van der Waals surface area contributed by atoms with Gasteiger partial charge in [-0.2, -0.15) is 0 Å². The van der Waals surface area contributed by atoms with Crippen molar-refractivity contribution in [3.8, 4) is 0 Å². The number of fused-ring (bicyclic) bond motifs is 7. The zero-order valence-electron chi connectivity index (χ0n) is 23.0. The van der Waals surface area contributed by atoms with E-state index in [0.717, 1.165) is 12.3 Å². The first-order valence-corrected chi connectivity index (χ1v) is 14.1. The molecule has 0 aromatic carbocycles. The van der Waals surface area contributed by atoms with Gasteiger partial charge < -0.3 is 4.74 Å². The Kier molecular flexibility index (Phi) is 5.26. The minimum Gasteiger partial charge on any atom is -0.381 e. The lowest BCUT2D eigenvalue weighted by atomic mass is 9.35. The first kappa shape index (κ1) is 24.1. The maximum Gasteiger partial charge on any atom is 0.162 e. The van der Waals surface area contributed by atoms with E-state index < -0.39 is 0 Å². The number of allylic oxidation sites excluding steroid dienone is 2. The molecule has 0 unspecified atom stereocenters. The fourth-order valence-electron chi connectivity index (χ4n) is 11.4. The molecule has 4 fully saturated rings. The molecule has 0 amide bonds. The molecule has 2 heteroatoms. The van der Waals surface area contributed by atoms with Gasteiger partial charge >= 0.3 is 0 Å². The lowest BCUT2D eigenvalue weighted by molar-refractivity contribution is -0.178. The summed E-state index contributed by atoms with van der Waals surface area (Å²) in [6.07, 6.45) is 12.5. The largest absolute Gasteiger partial charge is 0.381 e. The van der Waals surface area contributed by atoms with Gasteiger partial charge in [0.25, 0.3) is 0 Å². The molecule has 0 N–H and O–H groups in total. The van der Waals surface area contributed by atoms with Crippen LogP contribution in [0.2, 0.25) is 0 Å². The van der Waals surface area contributed by atoms with Crippen LogP contribution in [-0.4, -0.2) is 19.0 Å². The molecular formula is C31H50O2. The van der Waals surface area contributed by atoms with Gasteiger partial charge in [0, 0.05) is 12.5 Å². The lowest BCUT2D eigenvalue weighted by Gasteiger charge is -2.68. The first-order valence-electron chi connectivity index (χ1n) is 14.1. The average molecular weight is 455 g/mol. The van der Waals surface area contributed by atoms with Gasteiger partial charge in [-0.15, -0.1) is 0 Å². The van der Waals surface area contributed by atoms with Crippen molar-refractivity contribution in [1.29, 1.82) is 0 Å². The van der Waals surface area contributed by atoms with Crippen LogP contribution in [0, 0.1) is 56.7 Å². The second-order valence-corrected chi connectivity index (χ2v) is 14.8. The van der Waals surface area contributed by atoms with Gasteiger partial charge in [0.2, 0.25) is 0 Å². The molecule has 0 spiro atoms. The topological polar surface area (TPSA) is 26.3 Å². The molecule has 4 saturated carbocycles. The van der Waals surface area contributed by atoms with Gasteiger partial charge in [-0.3, -0.25) is 4.79 Å².